The second-order valence-corrected chi connectivity index (χ2v) is 9.37. The number of aromatic nitrogens is 3. The van der Waals surface area contributed by atoms with Crippen molar-refractivity contribution >= 4 is 11.3 Å². The largest absolute Gasteiger partial charge is 0.390 e. The third kappa shape index (κ3) is 5.90. The predicted molar refractivity (Wildman–Crippen MR) is 132 cm³/mol. The fourth-order valence-corrected chi connectivity index (χ4v) is 4.21. The lowest BCUT2D eigenvalue weighted by Gasteiger charge is -2.15. The molecule has 37 heavy (non-hydrogen) atoms. The van der Waals surface area contributed by atoms with Gasteiger partial charge in [-0.15, -0.1) is 0 Å². The molecule has 4 aromatic rings. The van der Waals surface area contributed by atoms with Crippen molar-refractivity contribution in [3.05, 3.63) is 82.9 Å². The molecule has 1 aliphatic rings. The van der Waals surface area contributed by atoms with E-state index < -0.39 is 31.1 Å². The summed E-state index contributed by atoms with van der Waals surface area (Å²) in [5.74, 6) is -0.597. The smallest absolute Gasteiger partial charge is 0.382 e. The van der Waals surface area contributed by atoms with Crippen LogP contribution in [0.25, 0.3) is 16.9 Å². The van der Waals surface area contributed by atoms with Crippen LogP contribution in [0, 0.1) is 12.7 Å². The molecule has 10 heteroatoms. The van der Waals surface area contributed by atoms with Gasteiger partial charge in [0, 0.05) is 24.7 Å². The maximum atomic E-state index is 15.5. The zero-order chi connectivity index (χ0) is 26.2. The first-order valence-corrected chi connectivity index (χ1v) is 12.1. The van der Waals surface area contributed by atoms with E-state index >= 15 is 4.39 Å². The summed E-state index contributed by atoms with van der Waals surface area (Å²) in [7, 11) is 0. The van der Waals surface area contributed by atoms with Gasteiger partial charge in [0.05, 0.1) is 24.0 Å². The summed E-state index contributed by atoms with van der Waals surface area (Å²) in [4.78, 5) is 4.38. The third-order valence-electron chi connectivity index (χ3n) is 6.41. The number of hydrogen-bond donors (Lipinski definition) is 2. The molecule has 5 rings (SSSR count). The Bertz CT molecular complexity index is 1410. The van der Waals surface area contributed by atoms with E-state index in [1.54, 1.807) is 6.20 Å². The number of benzene rings is 2. The van der Waals surface area contributed by atoms with Gasteiger partial charge in [0.15, 0.2) is 11.8 Å². The van der Waals surface area contributed by atoms with E-state index in [4.69, 9.17) is 0 Å². The minimum Gasteiger partial charge on any atom is -0.382 e. The van der Waals surface area contributed by atoms with Crippen LogP contribution in [0.3, 0.4) is 0 Å². The lowest BCUT2D eigenvalue weighted by molar-refractivity contribution is -0.131. The maximum absolute atomic E-state index is 15.5. The molecule has 2 N–H and O–H groups in total. The van der Waals surface area contributed by atoms with Crippen LogP contribution in [-0.2, 0) is 6.54 Å². The van der Waals surface area contributed by atoms with Crippen LogP contribution < -0.4 is 10.6 Å². The molecule has 1 aliphatic carbocycles. The third-order valence-corrected chi connectivity index (χ3v) is 6.41. The fourth-order valence-electron chi connectivity index (χ4n) is 4.21. The molecule has 1 atom stereocenters. The molecule has 1 fully saturated rings. The van der Waals surface area contributed by atoms with E-state index in [1.807, 2.05) is 25.1 Å². The summed E-state index contributed by atoms with van der Waals surface area (Å²) < 4.78 is 69.0. The zero-order valence-electron chi connectivity index (χ0n) is 20.1. The highest BCUT2D eigenvalue weighted by atomic mass is 19.4. The van der Waals surface area contributed by atoms with Crippen LogP contribution in [0.2, 0.25) is 0 Å². The summed E-state index contributed by atoms with van der Waals surface area (Å²) in [6, 6.07) is 12.9. The Balaban J connectivity index is 1.53. The number of aryl methyl sites for hydroxylation is 1. The molecule has 2 aromatic heterocycles. The molecule has 0 amide bonds. The van der Waals surface area contributed by atoms with Crippen LogP contribution in [-0.4, -0.2) is 33.4 Å². The van der Waals surface area contributed by atoms with Gasteiger partial charge < -0.3 is 10.6 Å². The molecule has 194 valence electrons. The second-order valence-electron chi connectivity index (χ2n) is 9.37. The number of imidazole rings is 1. The van der Waals surface area contributed by atoms with Crippen LogP contribution >= 0.6 is 0 Å². The SMILES string of the molecule is Cc1cc(-c2cnc3c(NCCC(F)(F)F)cc(C(F)c4cccc(F)c4)nn23)ccc1CNC1CC1. The molecule has 1 unspecified atom stereocenters. The van der Waals surface area contributed by atoms with Gasteiger partial charge in [0.25, 0.3) is 0 Å². The Morgan fingerprint density at radius 3 is 2.62 bits per heavy atom. The zero-order valence-corrected chi connectivity index (χ0v) is 20.1. The Morgan fingerprint density at radius 1 is 1.11 bits per heavy atom. The van der Waals surface area contributed by atoms with Crippen LogP contribution in [0.15, 0.2) is 54.7 Å². The van der Waals surface area contributed by atoms with Crippen molar-refractivity contribution in [1.29, 1.82) is 0 Å². The van der Waals surface area contributed by atoms with E-state index in [1.165, 1.54) is 41.6 Å². The lowest BCUT2D eigenvalue weighted by atomic mass is 10.0. The van der Waals surface area contributed by atoms with Gasteiger partial charge in [0.1, 0.15) is 11.5 Å². The molecule has 0 aliphatic heterocycles. The second kappa shape index (κ2) is 10.1. The monoisotopic (exact) mass is 515 g/mol. The lowest BCUT2D eigenvalue weighted by Crippen LogP contribution is -2.16. The van der Waals surface area contributed by atoms with Crippen molar-refractivity contribution in [1.82, 2.24) is 19.9 Å². The average molecular weight is 516 g/mol. The van der Waals surface area contributed by atoms with Crippen molar-refractivity contribution in [3.8, 4) is 11.3 Å². The summed E-state index contributed by atoms with van der Waals surface area (Å²) in [5, 5.41) is 10.7. The molecule has 1 saturated carbocycles. The molecule has 0 radical (unpaired) electrons. The summed E-state index contributed by atoms with van der Waals surface area (Å²) in [6.45, 7) is 2.35. The molecular formula is C27H26F5N5. The number of halogens is 5. The molecule has 5 nitrogen and oxygen atoms in total. The number of rotatable bonds is 9. The first kappa shape index (κ1) is 25.1. The molecular weight excluding hydrogens is 489 g/mol. The van der Waals surface area contributed by atoms with E-state index in [9.17, 15) is 17.6 Å². The average Bonchev–Trinajstić information content (AvgIpc) is 3.58. The van der Waals surface area contributed by atoms with E-state index in [-0.39, 0.29) is 22.6 Å². The highest BCUT2D eigenvalue weighted by Crippen LogP contribution is 2.32. The predicted octanol–water partition coefficient (Wildman–Crippen LogP) is 6.52. The highest BCUT2D eigenvalue weighted by Gasteiger charge is 2.27. The fraction of sp³-hybridized carbons (Fsp3) is 0.333. The van der Waals surface area contributed by atoms with E-state index in [0.717, 1.165) is 29.3 Å². The number of nitrogens with zero attached hydrogens (tertiary/aromatic N) is 3. The van der Waals surface area contributed by atoms with E-state index in [0.29, 0.717) is 11.7 Å². The Morgan fingerprint density at radius 2 is 1.92 bits per heavy atom. The molecule has 0 spiro atoms. The number of anilines is 1. The van der Waals surface area contributed by atoms with Crippen molar-refractivity contribution < 1.29 is 22.0 Å². The number of hydrogen-bond acceptors (Lipinski definition) is 4. The number of alkyl halides is 4. The topological polar surface area (TPSA) is 54.2 Å². The Kier molecular flexibility index (Phi) is 6.85. The molecule has 0 saturated heterocycles. The molecule has 2 aromatic carbocycles. The van der Waals surface area contributed by atoms with Gasteiger partial charge >= 0.3 is 6.18 Å². The number of fused-ring (bicyclic) bond motifs is 1. The van der Waals surface area contributed by atoms with Crippen LogP contribution in [0.1, 0.15) is 47.8 Å². The van der Waals surface area contributed by atoms with Gasteiger partial charge in [-0.05, 0) is 60.7 Å². The van der Waals surface area contributed by atoms with Crippen molar-refractivity contribution in [2.75, 3.05) is 11.9 Å². The minimum atomic E-state index is -4.35. The minimum absolute atomic E-state index is 0.0538. The van der Waals surface area contributed by atoms with Crippen LogP contribution in [0.5, 0.6) is 0 Å². The highest BCUT2D eigenvalue weighted by molar-refractivity contribution is 5.73. The van der Waals surface area contributed by atoms with Crippen molar-refractivity contribution in [2.24, 2.45) is 0 Å². The quantitative estimate of drug-likeness (QED) is 0.249. The number of nitrogens with one attached hydrogen (secondary N) is 2. The Labute approximate surface area is 210 Å². The van der Waals surface area contributed by atoms with Crippen molar-refractivity contribution in [2.45, 2.75) is 51.1 Å². The maximum Gasteiger partial charge on any atom is 0.390 e. The first-order valence-electron chi connectivity index (χ1n) is 12.1. The summed E-state index contributed by atoms with van der Waals surface area (Å²) in [5.41, 5.74) is 4.02. The van der Waals surface area contributed by atoms with Gasteiger partial charge in [-0.2, -0.15) is 18.3 Å². The van der Waals surface area contributed by atoms with Gasteiger partial charge in [-0.1, -0.05) is 24.3 Å². The van der Waals surface area contributed by atoms with Gasteiger partial charge in [0.2, 0.25) is 0 Å². The Hall–Kier alpha value is -3.53. The van der Waals surface area contributed by atoms with E-state index in [2.05, 4.69) is 20.7 Å². The summed E-state index contributed by atoms with van der Waals surface area (Å²) in [6.07, 6.45) is -3.26. The molecule has 2 heterocycles. The van der Waals surface area contributed by atoms with Crippen molar-refractivity contribution in [3.63, 3.8) is 0 Å². The standard InChI is InChI=1S/C27H26F5N5/c1-16-11-17(5-6-19(16)14-34-21-7-8-21)24-15-35-26-23(33-10-9-27(30,31)32)13-22(36-37(24)26)25(29)18-3-2-4-20(28)12-18/h2-6,11-13,15,21,25,33-34H,7-10,14H2,1H3. The summed E-state index contributed by atoms with van der Waals surface area (Å²) >= 11 is 0. The van der Waals surface area contributed by atoms with Gasteiger partial charge in [-0.25, -0.2) is 18.3 Å². The molecule has 0 bridgehead atoms. The normalized spacial score (nSPS) is 14.8. The van der Waals surface area contributed by atoms with Crippen LogP contribution in [0.4, 0.5) is 27.6 Å². The first-order chi connectivity index (χ1) is 17.7. The van der Waals surface area contributed by atoms with Gasteiger partial charge in [-0.3, -0.25) is 0 Å².